The van der Waals surface area contributed by atoms with Gasteiger partial charge in [0.25, 0.3) is 0 Å². The molecule has 2 aliphatic rings. The lowest BCUT2D eigenvalue weighted by molar-refractivity contribution is 0.0588. The number of rotatable bonds is 5. The zero-order valence-electron chi connectivity index (χ0n) is 15.5. The smallest absolute Gasteiger partial charge is 0.0603 e. The summed E-state index contributed by atoms with van der Waals surface area (Å²) in [6.07, 6.45) is 2.70. The summed E-state index contributed by atoms with van der Waals surface area (Å²) >= 11 is 1.86. The van der Waals surface area contributed by atoms with Crippen molar-refractivity contribution in [2.45, 2.75) is 45.1 Å². The van der Waals surface area contributed by atoms with Crippen molar-refractivity contribution in [3.63, 3.8) is 0 Å². The molecule has 1 aromatic rings. The van der Waals surface area contributed by atoms with Crippen molar-refractivity contribution in [2.75, 3.05) is 39.4 Å². The van der Waals surface area contributed by atoms with E-state index in [2.05, 4.69) is 54.2 Å². The average molecular weight is 349 g/mol. The fourth-order valence-corrected chi connectivity index (χ4v) is 4.57. The van der Waals surface area contributed by atoms with Crippen LogP contribution in [0, 0.1) is 11.3 Å². The van der Waals surface area contributed by atoms with Crippen molar-refractivity contribution in [3.05, 3.63) is 29.8 Å². The van der Waals surface area contributed by atoms with Crippen LogP contribution in [-0.4, -0.2) is 48.6 Å². The van der Waals surface area contributed by atoms with E-state index in [1.165, 1.54) is 36.4 Å². The normalized spacial score (nSPS) is 26.8. The molecule has 0 saturated carbocycles. The van der Waals surface area contributed by atoms with Gasteiger partial charge in [0.15, 0.2) is 0 Å². The van der Waals surface area contributed by atoms with E-state index in [1.54, 1.807) is 0 Å². The number of likely N-dealkylation sites (tertiary alicyclic amines) is 1. The van der Waals surface area contributed by atoms with Crippen LogP contribution in [0.1, 0.15) is 39.2 Å². The number of ether oxygens (including phenoxy) is 1. The molecule has 0 spiro atoms. The third kappa shape index (κ3) is 4.75. The van der Waals surface area contributed by atoms with Crippen LogP contribution in [0.15, 0.2) is 29.2 Å². The summed E-state index contributed by atoms with van der Waals surface area (Å²) in [5.74, 6) is 0.757. The first kappa shape index (κ1) is 18.2. The molecule has 2 heterocycles. The monoisotopic (exact) mass is 348 g/mol. The second-order valence-electron chi connectivity index (χ2n) is 7.90. The first-order valence-corrected chi connectivity index (χ1v) is 10.1. The molecule has 2 aliphatic heterocycles. The zero-order valence-corrected chi connectivity index (χ0v) is 16.3. The molecule has 3 rings (SSSR count). The highest BCUT2D eigenvalue weighted by Gasteiger charge is 2.33. The van der Waals surface area contributed by atoms with E-state index in [1.807, 2.05) is 11.9 Å². The van der Waals surface area contributed by atoms with E-state index < -0.39 is 0 Å². The molecule has 0 radical (unpaired) electrons. The van der Waals surface area contributed by atoms with Crippen molar-refractivity contribution in [2.24, 2.45) is 11.3 Å². The van der Waals surface area contributed by atoms with E-state index in [9.17, 15) is 0 Å². The lowest BCUT2D eigenvalue weighted by Crippen LogP contribution is -2.43. The fourth-order valence-electron chi connectivity index (χ4n) is 3.68. The third-order valence-electron chi connectivity index (χ3n) is 5.73. The lowest BCUT2D eigenvalue weighted by atomic mass is 9.73. The molecule has 0 amide bonds. The van der Waals surface area contributed by atoms with Gasteiger partial charge in [0.2, 0.25) is 0 Å². The van der Waals surface area contributed by atoms with Crippen LogP contribution in [0.25, 0.3) is 0 Å². The Bertz CT molecular complexity index is 513. The van der Waals surface area contributed by atoms with Gasteiger partial charge in [-0.1, -0.05) is 32.9 Å². The van der Waals surface area contributed by atoms with Crippen LogP contribution >= 0.6 is 11.9 Å². The Balaban J connectivity index is 1.54. The molecule has 134 valence electrons. The van der Waals surface area contributed by atoms with Gasteiger partial charge in [0.1, 0.15) is 0 Å². The molecule has 2 saturated heterocycles. The van der Waals surface area contributed by atoms with E-state index in [-0.39, 0.29) is 0 Å². The fraction of sp³-hybridized carbons (Fsp3) is 0.700. The molecule has 0 aromatic heterocycles. The standard InChI is InChI=1S/C20H32N2OS/c1-17(2)20(3)9-4-10-21(16-20)15-18-5-7-19(8-6-18)24-22-11-13-23-14-12-22/h5-8,17H,4,9-16H2,1-3H3. The average Bonchev–Trinajstić information content (AvgIpc) is 2.58. The van der Waals surface area contributed by atoms with Gasteiger partial charge in [-0.3, -0.25) is 4.90 Å². The third-order valence-corrected chi connectivity index (χ3v) is 6.84. The maximum Gasteiger partial charge on any atom is 0.0603 e. The highest BCUT2D eigenvalue weighted by Crippen LogP contribution is 2.37. The summed E-state index contributed by atoms with van der Waals surface area (Å²) in [5, 5.41) is 0. The minimum Gasteiger partial charge on any atom is -0.379 e. The number of morpholine rings is 1. The first-order chi connectivity index (χ1) is 11.5. The van der Waals surface area contributed by atoms with Crippen LogP contribution < -0.4 is 0 Å². The maximum atomic E-state index is 5.41. The van der Waals surface area contributed by atoms with Gasteiger partial charge in [0, 0.05) is 31.1 Å². The number of hydrogen-bond acceptors (Lipinski definition) is 4. The molecule has 24 heavy (non-hydrogen) atoms. The summed E-state index contributed by atoms with van der Waals surface area (Å²) in [6, 6.07) is 9.18. The SMILES string of the molecule is CC(C)C1(C)CCCN(Cc2ccc(SN3CCOCC3)cc2)C1. The quantitative estimate of drug-likeness (QED) is 0.738. The molecule has 4 heteroatoms. The summed E-state index contributed by atoms with van der Waals surface area (Å²) in [7, 11) is 0. The predicted octanol–water partition coefficient (Wildman–Crippen LogP) is 4.28. The van der Waals surface area contributed by atoms with Gasteiger partial charge < -0.3 is 4.74 Å². The van der Waals surface area contributed by atoms with Crippen molar-refractivity contribution in [1.29, 1.82) is 0 Å². The summed E-state index contributed by atoms with van der Waals surface area (Å²) in [4.78, 5) is 3.99. The van der Waals surface area contributed by atoms with Crippen LogP contribution in [0.2, 0.25) is 0 Å². The molecule has 1 aromatic carbocycles. The van der Waals surface area contributed by atoms with Crippen molar-refractivity contribution in [3.8, 4) is 0 Å². The molecule has 3 nitrogen and oxygen atoms in total. The van der Waals surface area contributed by atoms with Crippen LogP contribution in [0.4, 0.5) is 0 Å². The summed E-state index contributed by atoms with van der Waals surface area (Å²) < 4.78 is 7.81. The molecule has 0 bridgehead atoms. The Labute approximate surface area is 151 Å². The highest BCUT2D eigenvalue weighted by molar-refractivity contribution is 7.97. The predicted molar refractivity (Wildman–Crippen MR) is 102 cm³/mol. The molecular weight excluding hydrogens is 316 g/mol. The highest BCUT2D eigenvalue weighted by atomic mass is 32.2. The van der Waals surface area contributed by atoms with Crippen molar-refractivity contribution < 1.29 is 4.74 Å². The Hall–Kier alpha value is -0.550. The van der Waals surface area contributed by atoms with E-state index in [4.69, 9.17) is 4.74 Å². The molecule has 2 fully saturated rings. The van der Waals surface area contributed by atoms with Gasteiger partial charge in [0.05, 0.1) is 13.2 Å². The number of hydrogen-bond donors (Lipinski definition) is 0. The topological polar surface area (TPSA) is 15.7 Å². The van der Waals surface area contributed by atoms with E-state index in [0.29, 0.717) is 5.41 Å². The van der Waals surface area contributed by atoms with Gasteiger partial charge >= 0.3 is 0 Å². The number of benzene rings is 1. The minimum atomic E-state index is 0.477. The van der Waals surface area contributed by atoms with Crippen molar-refractivity contribution >= 4 is 11.9 Å². The molecule has 0 aliphatic carbocycles. The minimum absolute atomic E-state index is 0.477. The van der Waals surface area contributed by atoms with Crippen LogP contribution in [-0.2, 0) is 11.3 Å². The van der Waals surface area contributed by atoms with Gasteiger partial charge in [-0.2, -0.15) is 0 Å². The molecule has 0 N–H and O–H groups in total. The second-order valence-corrected chi connectivity index (χ2v) is 9.07. The number of piperidine rings is 1. The van der Waals surface area contributed by atoms with Crippen LogP contribution in [0.3, 0.4) is 0 Å². The Morgan fingerprint density at radius 3 is 2.50 bits per heavy atom. The first-order valence-electron chi connectivity index (χ1n) is 9.37. The van der Waals surface area contributed by atoms with E-state index >= 15 is 0 Å². The van der Waals surface area contributed by atoms with E-state index in [0.717, 1.165) is 38.8 Å². The van der Waals surface area contributed by atoms with Crippen molar-refractivity contribution in [1.82, 2.24) is 9.21 Å². The number of nitrogens with zero attached hydrogens (tertiary/aromatic N) is 2. The summed E-state index contributed by atoms with van der Waals surface area (Å²) in [5.41, 5.74) is 1.92. The second kappa shape index (κ2) is 8.22. The molecule has 1 unspecified atom stereocenters. The van der Waals surface area contributed by atoms with Gasteiger partial charge in [-0.25, -0.2) is 4.31 Å². The Kier molecular flexibility index (Phi) is 6.25. The largest absolute Gasteiger partial charge is 0.379 e. The maximum absolute atomic E-state index is 5.41. The van der Waals surface area contributed by atoms with Gasteiger partial charge in [-0.15, -0.1) is 0 Å². The molecule has 1 atom stereocenters. The van der Waals surface area contributed by atoms with Gasteiger partial charge in [-0.05, 0) is 60.4 Å². The Morgan fingerprint density at radius 1 is 1.12 bits per heavy atom. The van der Waals surface area contributed by atoms with Crippen LogP contribution in [0.5, 0.6) is 0 Å². The lowest BCUT2D eigenvalue weighted by Gasteiger charge is -2.43. The summed E-state index contributed by atoms with van der Waals surface area (Å²) in [6.45, 7) is 14.5. The zero-order chi connectivity index (χ0) is 17.0. The molecular formula is C20H32N2OS. The Morgan fingerprint density at radius 2 is 1.83 bits per heavy atom.